The SMILES string of the molecule is CN1[C@H](C(=O)NCC2CC2)C[C@@H]2CN(Cc3nccs3)C[C@@H]21. The topological polar surface area (TPSA) is 48.5 Å². The molecule has 0 unspecified atom stereocenters. The smallest absolute Gasteiger partial charge is 0.237 e. The Kier molecular flexibility index (Phi) is 3.92. The Morgan fingerprint density at radius 2 is 2.32 bits per heavy atom. The highest BCUT2D eigenvalue weighted by Crippen LogP contribution is 2.35. The average molecular weight is 320 g/mol. The highest BCUT2D eigenvalue weighted by atomic mass is 32.1. The van der Waals surface area contributed by atoms with Crippen LogP contribution in [0.3, 0.4) is 0 Å². The maximum atomic E-state index is 12.4. The molecule has 1 N–H and O–H groups in total. The minimum atomic E-state index is 0.0794. The van der Waals surface area contributed by atoms with Gasteiger partial charge in [-0.25, -0.2) is 4.98 Å². The van der Waals surface area contributed by atoms with Gasteiger partial charge >= 0.3 is 0 Å². The maximum absolute atomic E-state index is 12.4. The van der Waals surface area contributed by atoms with E-state index in [0.717, 1.165) is 38.5 Å². The lowest BCUT2D eigenvalue weighted by Gasteiger charge is -2.25. The molecule has 0 radical (unpaired) electrons. The molecule has 0 spiro atoms. The summed E-state index contributed by atoms with van der Waals surface area (Å²) in [7, 11) is 2.12. The molecule has 2 saturated heterocycles. The van der Waals surface area contributed by atoms with Crippen LogP contribution in [0.4, 0.5) is 0 Å². The predicted octanol–water partition coefficient (Wildman–Crippen LogP) is 1.17. The molecule has 3 atom stereocenters. The number of nitrogens with one attached hydrogen (secondary N) is 1. The second-order valence-electron chi connectivity index (χ2n) is 7.05. The maximum Gasteiger partial charge on any atom is 0.237 e. The van der Waals surface area contributed by atoms with Crippen LogP contribution in [0.1, 0.15) is 24.3 Å². The van der Waals surface area contributed by atoms with Crippen molar-refractivity contribution >= 4 is 17.2 Å². The molecule has 4 rings (SSSR count). The number of likely N-dealkylation sites (N-methyl/N-ethyl adjacent to an activating group) is 1. The quantitative estimate of drug-likeness (QED) is 0.885. The minimum absolute atomic E-state index is 0.0794. The summed E-state index contributed by atoms with van der Waals surface area (Å²) in [4.78, 5) is 21.6. The summed E-state index contributed by atoms with van der Waals surface area (Å²) >= 11 is 1.73. The predicted molar refractivity (Wildman–Crippen MR) is 86.6 cm³/mol. The molecule has 0 aromatic carbocycles. The third-order valence-electron chi connectivity index (χ3n) is 5.43. The van der Waals surface area contributed by atoms with Gasteiger partial charge in [-0.15, -0.1) is 11.3 Å². The van der Waals surface area contributed by atoms with Gasteiger partial charge in [0, 0.05) is 37.3 Å². The molecule has 0 bridgehead atoms. The van der Waals surface area contributed by atoms with E-state index in [1.807, 2.05) is 11.6 Å². The van der Waals surface area contributed by atoms with Gasteiger partial charge in [0.1, 0.15) is 5.01 Å². The number of likely N-dealkylation sites (tertiary alicyclic amines) is 2. The summed E-state index contributed by atoms with van der Waals surface area (Å²) in [6.07, 6.45) is 5.46. The molecular weight excluding hydrogens is 296 g/mol. The van der Waals surface area contributed by atoms with E-state index in [-0.39, 0.29) is 11.9 Å². The van der Waals surface area contributed by atoms with E-state index in [2.05, 4.69) is 27.1 Å². The number of nitrogens with zero attached hydrogens (tertiary/aromatic N) is 3. The second-order valence-corrected chi connectivity index (χ2v) is 8.03. The lowest BCUT2D eigenvalue weighted by molar-refractivity contribution is -0.125. The minimum Gasteiger partial charge on any atom is -0.354 e. The van der Waals surface area contributed by atoms with E-state index in [9.17, 15) is 4.79 Å². The van der Waals surface area contributed by atoms with Gasteiger partial charge in [0.25, 0.3) is 0 Å². The van der Waals surface area contributed by atoms with Crippen LogP contribution in [0.2, 0.25) is 0 Å². The van der Waals surface area contributed by atoms with Crippen molar-refractivity contribution in [2.75, 3.05) is 26.7 Å². The van der Waals surface area contributed by atoms with Gasteiger partial charge in [0.2, 0.25) is 5.91 Å². The Hall–Kier alpha value is -0.980. The van der Waals surface area contributed by atoms with Crippen molar-refractivity contribution < 1.29 is 4.79 Å². The first-order chi connectivity index (χ1) is 10.7. The standard InChI is InChI=1S/C16H24N4OS/c1-19-13(16(21)18-7-11-2-3-11)6-12-8-20(9-14(12)19)10-15-17-4-5-22-15/h4-5,11-14H,2-3,6-10H2,1H3,(H,18,21)/t12-,13+,14+/m1/s1. The molecule has 1 aromatic rings. The molecule has 1 aromatic heterocycles. The lowest BCUT2D eigenvalue weighted by atomic mass is 10.0. The van der Waals surface area contributed by atoms with Crippen molar-refractivity contribution in [1.82, 2.24) is 20.1 Å². The van der Waals surface area contributed by atoms with Gasteiger partial charge in [-0.05, 0) is 38.1 Å². The third-order valence-corrected chi connectivity index (χ3v) is 6.19. The number of fused-ring (bicyclic) bond motifs is 1. The van der Waals surface area contributed by atoms with Crippen LogP contribution < -0.4 is 5.32 Å². The Balaban J connectivity index is 1.31. The van der Waals surface area contributed by atoms with Gasteiger partial charge in [-0.1, -0.05) is 0 Å². The molecule has 6 heteroatoms. The summed E-state index contributed by atoms with van der Waals surface area (Å²) in [6.45, 7) is 4.00. The van der Waals surface area contributed by atoms with Crippen LogP contribution >= 0.6 is 11.3 Å². The van der Waals surface area contributed by atoms with Gasteiger partial charge in [0.15, 0.2) is 0 Å². The summed E-state index contributed by atoms with van der Waals surface area (Å²) < 4.78 is 0. The first-order valence-electron chi connectivity index (χ1n) is 8.31. The molecule has 3 aliphatic rings. The molecule has 1 saturated carbocycles. The van der Waals surface area contributed by atoms with Crippen LogP contribution in [-0.4, -0.2) is 59.5 Å². The monoisotopic (exact) mass is 320 g/mol. The van der Waals surface area contributed by atoms with E-state index < -0.39 is 0 Å². The third kappa shape index (κ3) is 2.92. The Morgan fingerprint density at radius 1 is 1.45 bits per heavy atom. The molecule has 120 valence electrons. The fourth-order valence-electron chi connectivity index (χ4n) is 3.95. The molecular formula is C16H24N4OS. The normalized spacial score (nSPS) is 32.3. The van der Waals surface area contributed by atoms with Crippen LogP contribution in [0.15, 0.2) is 11.6 Å². The molecule has 2 aliphatic heterocycles. The number of hydrogen-bond donors (Lipinski definition) is 1. The number of carbonyl (C=O) groups excluding carboxylic acids is 1. The summed E-state index contributed by atoms with van der Waals surface area (Å²) in [5, 5.41) is 6.39. The highest BCUT2D eigenvalue weighted by Gasteiger charge is 2.47. The van der Waals surface area contributed by atoms with E-state index in [0.29, 0.717) is 12.0 Å². The van der Waals surface area contributed by atoms with Crippen molar-refractivity contribution in [1.29, 1.82) is 0 Å². The summed E-state index contributed by atoms with van der Waals surface area (Å²) in [5.74, 6) is 1.63. The van der Waals surface area contributed by atoms with E-state index >= 15 is 0 Å². The number of thiazole rings is 1. The molecule has 1 amide bonds. The van der Waals surface area contributed by atoms with Crippen LogP contribution in [-0.2, 0) is 11.3 Å². The van der Waals surface area contributed by atoms with Crippen LogP contribution in [0.5, 0.6) is 0 Å². The lowest BCUT2D eigenvalue weighted by Crippen LogP contribution is -2.46. The fourth-order valence-corrected chi connectivity index (χ4v) is 4.60. The number of hydrogen-bond acceptors (Lipinski definition) is 5. The molecule has 3 fully saturated rings. The zero-order chi connectivity index (χ0) is 15.1. The van der Waals surface area contributed by atoms with Crippen LogP contribution in [0, 0.1) is 11.8 Å². The van der Waals surface area contributed by atoms with E-state index in [1.165, 1.54) is 17.8 Å². The zero-order valence-electron chi connectivity index (χ0n) is 13.1. The second kappa shape index (κ2) is 5.91. The summed E-state index contributed by atoms with van der Waals surface area (Å²) in [5.41, 5.74) is 0. The average Bonchev–Trinajstić information content (AvgIpc) is 2.90. The zero-order valence-corrected chi connectivity index (χ0v) is 13.9. The fraction of sp³-hybridized carbons (Fsp3) is 0.750. The van der Waals surface area contributed by atoms with Gasteiger partial charge in [-0.2, -0.15) is 0 Å². The number of carbonyl (C=O) groups is 1. The summed E-state index contributed by atoms with van der Waals surface area (Å²) in [6, 6.07) is 0.604. The Bertz CT molecular complexity index is 530. The van der Waals surface area contributed by atoms with Gasteiger partial charge < -0.3 is 5.32 Å². The van der Waals surface area contributed by atoms with E-state index in [1.54, 1.807) is 11.3 Å². The van der Waals surface area contributed by atoms with Gasteiger partial charge in [-0.3, -0.25) is 14.6 Å². The first kappa shape index (κ1) is 14.6. The largest absolute Gasteiger partial charge is 0.354 e. The number of amides is 1. The van der Waals surface area contributed by atoms with Crippen molar-refractivity contribution in [3.8, 4) is 0 Å². The van der Waals surface area contributed by atoms with Gasteiger partial charge in [0.05, 0.1) is 12.6 Å². The molecule has 22 heavy (non-hydrogen) atoms. The van der Waals surface area contributed by atoms with Crippen molar-refractivity contribution in [3.63, 3.8) is 0 Å². The van der Waals surface area contributed by atoms with Crippen molar-refractivity contribution in [2.45, 2.75) is 37.9 Å². The molecule has 3 heterocycles. The van der Waals surface area contributed by atoms with Crippen LogP contribution in [0.25, 0.3) is 0 Å². The number of aromatic nitrogens is 1. The molecule has 5 nitrogen and oxygen atoms in total. The van der Waals surface area contributed by atoms with E-state index in [4.69, 9.17) is 0 Å². The number of rotatable bonds is 5. The highest BCUT2D eigenvalue weighted by molar-refractivity contribution is 7.09. The first-order valence-corrected chi connectivity index (χ1v) is 9.19. The molecule has 1 aliphatic carbocycles. The van der Waals surface area contributed by atoms with Crippen molar-refractivity contribution in [2.24, 2.45) is 11.8 Å². The van der Waals surface area contributed by atoms with Crippen molar-refractivity contribution in [3.05, 3.63) is 16.6 Å². The Labute approximate surface area is 135 Å². The Morgan fingerprint density at radius 3 is 3.00 bits per heavy atom.